The molecule has 0 aromatic carbocycles. The van der Waals surface area contributed by atoms with Crippen molar-refractivity contribution in [3.63, 3.8) is 0 Å². The minimum Gasteiger partial charge on any atom is -0.369 e. The molecule has 0 radical (unpaired) electrons. The van der Waals surface area contributed by atoms with Crippen LogP contribution in [0.4, 0.5) is 11.8 Å². The SMILES string of the molecule is CCCCCCCCCCNc1nc(NC)ncc1Cl. The number of nitrogens with one attached hydrogen (secondary N) is 2. The molecule has 0 aliphatic rings. The van der Waals surface area contributed by atoms with Crippen molar-refractivity contribution in [1.29, 1.82) is 0 Å². The molecule has 0 fully saturated rings. The average molecular weight is 299 g/mol. The molecule has 2 N–H and O–H groups in total. The van der Waals surface area contributed by atoms with Gasteiger partial charge in [0.05, 0.1) is 6.20 Å². The quantitative estimate of drug-likeness (QED) is 0.580. The highest BCUT2D eigenvalue weighted by molar-refractivity contribution is 6.32. The van der Waals surface area contributed by atoms with E-state index in [1.807, 2.05) is 0 Å². The number of aromatic nitrogens is 2. The van der Waals surface area contributed by atoms with E-state index in [1.165, 1.54) is 44.9 Å². The molecule has 0 spiro atoms. The molecule has 20 heavy (non-hydrogen) atoms. The molecule has 114 valence electrons. The van der Waals surface area contributed by atoms with Gasteiger partial charge in [-0.1, -0.05) is 63.5 Å². The van der Waals surface area contributed by atoms with Gasteiger partial charge in [-0.2, -0.15) is 4.98 Å². The first-order valence-corrected chi connectivity index (χ1v) is 8.10. The lowest BCUT2D eigenvalue weighted by Gasteiger charge is -2.08. The number of hydrogen-bond donors (Lipinski definition) is 2. The third kappa shape index (κ3) is 6.94. The Bertz CT molecular complexity index is 371. The second-order valence-electron chi connectivity index (χ2n) is 5.04. The van der Waals surface area contributed by atoms with E-state index in [-0.39, 0.29) is 0 Å². The summed E-state index contributed by atoms with van der Waals surface area (Å²) in [7, 11) is 1.80. The van der Waals surface area contributed by atoms with Crippen molar-refractivity contribution < 1.29 is 0 Å². The number of hydrogen-bond acceptors (Lipinski definition) is 4. The Balaban J connectivity index is 2.09. The molecule has 0 saturated carbocycles. The Morgan fingerprint density at radius 1 is 1.05 bits per heavy atom. The minimum atomic E-state index is 0.573. The Morgan fingerprint density at radius 2 is 1.70 bits per heavy atom. The monoisotopic (exact) mass is 298 g/mol. The van der Waals surface area contributed by atoms with Crippen LogP contribution in [0.5, 0.6) is 0 Å². The zero-order valence-electron chi connectivity index (χ0n) is 12.7. The van der Waals surface area contributed by atoms with Gasteiger partial charge in [-0.3, -0.25) is 0 Å². The topological polar surface area (TPSA) is 49.8 Å². The van der Waals surface area contributed by atoms with Gasteiger partial charge in [0.25, 0.3) is 0 Å². The van der Waals surface area contributed by atoms with E-state index in [9.17, 15) is 0 Å². The summed E-state index contributed by atoms with van der Waals surface area (Å²) < 4.78 is 0. The molecule has 5 heteroatoms. The molecule has 0 amide bonds. The van der Waals surface area contributed by atoms with Gasteiger partial charge in [0.1, 0.15) is 10.8 Å². The summed E-state index contributed by atoms with van der Waals surface area (Å²) in [5.41, 5.74) is 0. The van der Waals surface area contributed by atoms with E-state index in [1.54, 1.807) is 13.2 Å². The third-order valence-electron chi connectivity index (χ3n) is 3.29. The van der Waals surface area contributed by atoms with Crippen molar-refractivity contribution in [1.82, 2.24) is 9.97 Å². The summed E-state index contributed by atoms with van der Waals surface area (Å²) in [5.74, 6) is 1.31. The summed E-state index contributed by atoms with van der Waals surface area (Å²) >= 11 is 6.05. The van der Waals surface area contributed by atoms with Crippen LogP contribution in [-0.4, -0.2) is 23.6 Å². The standard InChI is InChI=1S/C15H27ClN4/c1-3-4-5-6-7-8-9-10-11-18-14-13(16)12-19-15(17-2)20-14/h12H,3-11H2,1-2H3,(H2,17,18,19,20). The van der Waals surface area contributed by atoms with E-state index < -0.39 is 0 Å². The van der Waals surface area contributed by atoms with Crippen LogP contribution >= 0.6 is 11.6 Å². The Kier molecular flexibility index (Phi) is 9.13. The molecule has 0 atom stereocenters. The van der Waals surface area contributed by atoms with Crippen LogP contribution in [0.25, 0.3) is 0 Å². The lowest BCUT2D eigenvalue weighted by atomic mass is 10.1. The van der Waals surface area contributed by atoms with Crippen LogP contribution in [0, 0.1) is 0 Å². The van der Waals surface area contributed by atoms with Crippen LogP contribution in [-0.2, 0) is 0 Å². The van der Waals surface area contributed by atoms with Gasteiger partial charge in [0, 0.05) is 13.6 Å². The van der Waals surface area contributed by atoms with Crippen molar-refractivity contribution >= 4 is 23.4 Å². The van der Waals surface area contributed by atoms with Crippen molar-refractivity contribution in [3.8, 4) is 0 Å². The second-order valence-corrected chi connectivity index (χ2v) is 5.45. The third-order valence-corrected chi connectivity index (χ3v) is 3.57. The maximum absolute atomic E-state index is 6.05. The first kappa shape index (κ1) is 17.0. The smallest absolute Gasteiger partial charge is 0.224 e. The number of anilines is 2. The summed E-state index contributed by atoms with van der Waals surface area (Å²) in [4.78, 5) is 8.35. The van der Waals surface area contributed by atoms with Gasteiger partial charge < -0.3 is 10.6 Å². The molecule has 1 heterocycles. The molecule has 0 aliphatic carbocycles. The highest BCUT2D eigenvalue weighted by Gasteiger charge is 2.03. The molecular weight excluding hydrogens is 272 g/mol. The van der Waals surface area contributed by atoms with E-state index in [0.717, 1.165) is 13.0 Å². The lowest BCUT2D eigenvalue weighted by Crippen LogP contribution is -2.06. The van der Waals surface area contributed by atoms with Crippen molar-refractivity contribution in [2.45, 2.75) is 58.3 Å². The predicted molar refractivity (Wildman–Crippen MR) is 87.7 cm³/mol. The fraction of sp³-hybridized carbons (Fsp3) is 0.733. The first-order valence-electron chi connectivity index (χ1n) is 7.72. The fourth-order valence-corrected chi connectivity index (χ4v) is 2.24. The summed E-state index contributed by atoms with van der Waals surface area (Å²) in [6.07, 6.45) is 12.2. The highest BCUT2D eigenvalue weighted by atomic mass is 35.5. The van der Waals surface area contributed by atoms with Crippen LogP contribution in [0.15, 0.2) is 6.20 Å². The van der Waals surface area contributed by atoms with Gasteiger partial charge in [0.15, 0.2) is 0 Å². The van der Waals surface area contributed by atoms with E-state index in [4.69, 9.17) is 11.6 Å². The Morgan fingerprint density at radius 3 is 2.35 bits per heavy atom. The van der Waals surface area contributed by atoms with Crippen molar-refractivity contribution in [2.24, 2.45) is 0 Å². The van der Waals surface area contributed by atoms with Gasteiger partial charge in [-0.25, -0.2) is 4.98 Å². The normalized spacial score (nSPS) is 10.6. The Hall–Kier alpha value is -1.03. The number of nitrogens with zero attached hydrogens (tertiary/aromatic N) is 2. The van der Waals surface area contributed by atoms with Crippen molar-refractivity contribution in [2.75, 3.05) is 24.2 Å². The molecule has 4 nitrogen and oxygen atoms in total. The van der Waals surface area contributed by atoms with E-state index in [2.05, 4.69) is 27.5 Å². The zero-order chi connectivity index (χ0) is 14.6. The molecule has 1 rings (SSSR count). The largest absolute Gasteiger partial charge is 0.369 e. The highest BCUT2D eigenvalue weighted by Crippen LogP contribution is 2.19. The summed E-state index contributed by atoms with van der Waals surface area (Å²) in [6, 6.07) is 0. The lowest BCUT2D eigenvalue weighted by molar-refractivity contribution is 0.581. The molecule has 1 aromatic rings. The van der Waals surface area contributed by atoms with Gasteiger partial charge in [-0.05, 0) is 6.42 Å². The Labute approximate surface area is 127 Å². The van der Waals surface area contributed by atoms with Gasteiger partial charge >= 0.3 is 0 Å². The number of halogens is 1. The average Bonchev–Trinajstić information content (AvgIpc) is 2.47. The van der Waals surface area contributed by atoms with Gasteiger partial charge in [0.2, 0.25) is 5.95 Å². The van der Waals surface area contributed by atoms with Crippen LogP contribution in [0.2, 0.25) is 5.02 Å². The van der Waals surface area contributed by atoms with E-state index in [0.29, 0.717) is 16.8 Å². The zero-order valence-corrected chi connectivity index (χ0v) is 13.5. The molecule has 0 saturated heterocycles. The minimum absolute atomic E-state index is 0.573. The molecule has 0 aliphatic heterocycles. The van der Waals surface area contributed by atoms with Gasteiger partial charge in [-0.15, -0.1) is 0 Å². The first-order chi connectivity index (χ1) is 9.77. The fourth-order valence-electron chi connectivity index (χ4n) is 2.08. The summed E-state index contributed by atoms with van der Waals surface area (Å²) in [5, 5.41) is 6.76. The molecule has 0 bridgehead atoms. The maximum atomic E-state index is 6.05. The second kappa shape index (κ2) is 10.7. The van der Waals surface area contributed by atoms with Crippen LogP contribution in [0.1, 0.15) is 58.3 Å². The maximum Gasteiger partial charge on any atom is 0.224 e. The molecule has 0 unspecified atom stereocenters. The number of unbranched alkanes of at least 4 members (excludes halogenated alkanes) is 7. The number of rotatable bonds is 11. The van der Waals surface area contributed by atoms with Crippen molar-refractivity contribution in [3.05, 3.63) is 11.2 Å². The summed E-state index contributed by atoms with van der Waals surface area (Å²) in [6.45, 7) is 3.16. The molecular formula is C15H27ClN4. The predicted octanol–water partition coefficient (Wildman–Crippen LogP) is 4.72. The van der Waals surface area contributed by atoms with Crippen LogP contribution in [0.3, 0.4) is 0 Å². The molecule has 1 aromatic heterocycles. The van der Waals surface area contributed by atoms with Crippen LogP contribution < -0.4 is 10.6 Å². The van der Waals surface area contributed by atoms with E-state index >= 15 is 0 Å².